The quantitative estimate of drug-likeness (QED) is 0.335. The van der Waals surface area contributed by atoms with Crippen molar-refractivity contribution in [2.24, 2.45) is 0 Å². The van der Waals surface area contributed by atoms with Gasteiger partial charge in [0.2, 0.25) is 11.8 Å². The predicted molar refractivity (Wildman–Crippen MR) is 73.1 cm³/mol. The van der Waals surface area contributed by atoms with Gasteiger partial charge in [0.25, 0.3) is 11.8 Å². The summed E-state index contributed by atoms with van der Waals surface area (Å²) in [5.74, 6) is -4.15. The van der Waals surface area contributed by atoms with E-state index >= 15 is 0 Å². The van der Waals surface area contributed by atoms with Gasteiger partial charge in [0.1, 0.15) is 11.3 Å². The Labute approximate surface area is 129 Å². The largest absolute Gasteiger partial charge is 0.423 e. The van der Waals surface area contributed by atoms with Crippen LogP contribution in [0.25, 0.3) is 0 Å². The summed E-state index contributed by atoms with van der Waals surface area (Å²) >= 11 is 0. The maximum absolute atomic E-state index is 12.2. The zero-order valence-corrected chi connectivity index (χ0v) is 11.7. The van der Waals surface area contributed by atoms with Crippen molar-refractivity contribution in [2.45, 2.75) is 12.8 Å². The second-order valence-electron chi connectivity index (χ2n) is 4.82. The van der Waals surface area contributed by atoms with E-state index in [0.29, 0.717) is 10.0 Å². The highest BCUT2D eigenvalue weighted by Gasteiger charge is 2.46. The summed E-state index contributed by atoms with van der Waals surface area (Å²) in [6, 6.07) is 7.99. The zero-order valence-electron chi connectivity index (χ0n) is 11.7. The molecule has 0 atom stereocenters. The van der Waals surface area contributed by atoms with E-state index < -0.39 is 35.2 Å². The summed E-state index contributed by atoms with van der Waals surface area (Å²) in [6.07, 6.45) is 0.589. The number of nitrogens with zero attached hydrogens (tertiary/aromatic N) is 2. The third-order valence-electron chi connectivity index (χ3n) is 3.30. The van der Waals surface area contributed by atoms with E-state index in [9.17, 15) is 24.0 Å². The topological polar surface area (TPSA) is 101 Å². The molecule has 1 aromatic carbocycles. The molecule has 1 fully saturated rings. The van der Waals surface area contributed by atoms with E-state index in [4.69, 9.17) is 4.74 Å². The molecule has 0 aromatic heterocycles. The first-order valence-corrected chi connectivity index (χ1v) is 6.72. The third-order valence-corrected chi connectivity index (χ3v) is 3.30. The molecule has 8 nitrogen and oxygen atoms in total. The molecule has 2 aliphatic rings. The van der Waals surface area contributed by atoms with E-state index in [2.05, 4.69) is 0 Å². The number of hydrogen-bond donors (Lipinski definition) is 0. The highest BCUT2D eigenvalue weighted by atomic mass is 16.5. The number of benzene rings is 1. The van der Waals surface area contributed by atoms with Crippen molar-refractivity contribution in [3.05, 3.63) is 42.0 Å². The van der Waals surface area contributed by atoms with Gasteiger partial charge in [-0.25, -0.2) is 4.79 Å². The number of para-hydroxylation sites is 1. The maximum atomic E-state index is 12.2. The maximum Gasteiger partial charge on any atom is 0.349 e. The summed E-state index contributed by atoms with van der Waals surface area (Å²) in [5, 5.41) is 0.850. The first-order chi connectivity index (χ1) is 11.0. The van der Waals surface area contributed by atoms with Crippen LogP contribution >= 0.6 is 0 Å². The third kappa shape index (κ3) is 2.50. The van der Waals surface area contributed by atoms with Gasteiger partial charge < -0.3 is 4.74 Å². The molecule has 2 aliphatic heterocycles. The molecule has 0 saturated carbocycles. The molecule has 0 spiro atoms. The average molecular weight is 314 g/mol. The van der Waals surface area contributed by atoms with Crippen LogP contribution in [0.3, 0.4) is 0 Å². The lowest BCUT2D eigenvalue weighted by atomic mass is 10.3. The van der Waals surface area contributed by atoms with Crippen molar-refractivity contribution in [3.8, 4) is 5.75 Å². The Morgan fingerprint density at radius 2 is 1.52 bits per heavy atom. The monoisotopic (exact) mass is 314 g/mol. The molecule has 0 aliphatic carbocycles. The van der Waals surface area contributed by atoms with E-state index in [-0.39, 0.29) is 18.6 Å². The van der Waals surface area contributed by atoms with Gasteiger partial charge in [0.15, 0.2) is 0 Å². The minimum Gasteiger partial charge on any atom is -0.423 e. The fourth-order valence-electron chi connectivity index (χ4n) is 2.23. The fourth-order valence-corrected chi connectivity index (χ4v) is 2.23. The van der Waals surface area contributed by atoms with Crippen LogP contribution in [-0.4, -0.2) is 39.6 Å². The summed E-state index contributed by atoms with van der Waals surface area (Å²) < 4.78 is 4.99. The van der Waals surface area contributed by atoms with Crippen LogP contribution in [-0.2, 0) is 24.0 Å². The summed E-state index contributed by atoms with van der Waals surface area (Å²) in [7, 11) is 0. The molecule has 0 unspecified atom stereocenters. The Kier molecular flexibility index (Phi) is 3.49. The van der Waals surface area contributed by atoms with Crippen molar-refractivity contribution < 1.29 is 28.7 Å². The van der Waals surface area contributed by atoms with Gasteiger partial charge in [-0.3, -0.25) is 19.2 Å². The number of carbonyl (C=O) groups excluding carboxylic acids is 5. The van der Waals surface area contributed by atoms with Gasteiger partial charge in [-0.15, -0.1) is 0 Å². The summed E-state index contributed by atoms with van der Waals surface area (Å²) in [4.78, 5) is 59.4. The Morgan fingerprint density at radius 1 is 0.913 bits per heavy atom. The molecule has 116 valence electrons. The number of amides is 4. The lowest BCUT2D eigenvalue weighted by Gasteiger charge is -2.23. The van der Waals surface area contributed by atoms with Crippen molar-refractivity contribution >= 4 is 29.6 Å². The van der Waals surface area contributed by atoms with Crippen molar-refractivity contribution in [3.63, 3.8) is 0 Å². The van der Waals surface area contributed by atoms with Crippen LogP contribution in [0.2, 0.25) is 0 Å². The first kappa shape index (κ1) is 14.6. The number of imide groups is 2. The zero-order chi connectivity index (χ0) is 16.6. The van der Waals surface area contributed by atoms with E-state index in [1.54, 1.807) is 18.2 Å². The number of hydrazine groups is 1. The molecule has 0 radical (unpaired) electrons. The lowest BCUT2D eigenvalue weighted by Crippen LogP contribution is -2.50. The first-order valence-electron chi connectivity index (χ1n) is 6.72. The van der Waals surface area contributed by atoms with Crippen molar-refractivity contribution in [1.82, 2.24) is 10.0 Å². The molecule has 8 heteroatoms. The number of esters is 1. The van der Waals surface area contributed by atoms with Gasteiger partial charge >= 0.3 is 5.97 Å². The van der Waals surface area contributed by atoms with Gasteiger partial charge in [0, 0.05) is 18.9 Å². The molecular weight excluding hydrogens is 304 g/mol. The molecule has 3 rings (SSSR count). The minimum absolute atomic E-state index is 0.0836. The number of hydrogen-bond acceptors (Lipinski definition) is 6. The normalized spacial score (nSPS) is 17.8. The Bertz CT molecular complexity index is 751. The van der Waals surface area contributed by atoms with Gasteiger partial charge in [-0.1, -0.05) is 18.2 Å². The predicted octanol–water partition coefficient (Wildman–Crippen LogP) is -0.0488. The molecule has 1 saturated heterocycles. The van der Waals surface area contributed by atoms with Crippen LogP contribution in [0.15, 0.2) is 42.0 Å². The number of ether oxygens (including phenoxy) is 1. The number of carbonyl (C=O) groups is 5. The SMILES string of the molecule is O=C(Oc1ccccc1)C1=CC(=O)N(N2C(=O)CCC2=O)C1=O. The van der Waals surface area contributed by atoms with E-state index in [1.165, 1.54) is 12.1 Å². The van der Waals surface area contributed by atoms with Gasteiger partial charge in [-0.2, -0.15) is 10.0 Å². The van der Waals surface area contributed by atoms with E-state index in [1.807, 2.05) is 0 Å². The minimum atomic E-state index is -1.06. The molecular formula is C15H10N2O6. The summed E-state index contributed by atoms with van der Waals surface area (Å²) in [6.45, 7) is 0. The van der Waals surface area contributed by atoms with Crippen LogP contribution in [0, 0.1) is 0 Å². The highest BCUT2D eigenvalue weighted by molar-refractivity contribution is 6.29. The lowest BCUT2D eigenvalue weighted by molar-refractivity contribution is -0.171. The molecule has 0 bridgehead atoms. The summed E-state index contributed by atoms with van der Waals surface area (Å²) in [5.41, 5.74) is -0.536. The highest BCUT2D eigenvalue weighted by Crippen LogP contribution is 2.23. The molecule has 23 heavy (non-hydrogen) atoms. The standard InChI is InChI=1S/C15H10N2O6/c18-11-6-7-12(19)16(11)17-13(20)8-10(14(17)21)15(22)23-9-4-2-1-3-5-9/h1-5,8H,6-7H2. The molecule has 2 heterocycles. The van der Waals surface area contributed by atoms with Crippen molar-refractivity contribution in [2.75, 3.05) is 0 Å². The molecule has 1 aromatic rings. The fraction of sp³-hybridized carbons (Fsp3) is 0.133. The van der Waals surface area contributed by atoms with Crippen LogP contribution in [0.1, 0.15) is 12.8 Å². The van der Waals surface area contributed by atoms with Crippen LogP contribution in [0.4, 0.5) is 0 Å². The second-order valence-corrected chi connectivity index (χ2v) is 4.82. The van der Waals surface area contributed by atoms with Crippen LogP contribution < -0.4 is 4.74 Å². The molecule has 4 amide bonds. The van der Waals surface area contributed by atoms with E-state index in [0.717, 1.165) is 6.08 Å². The molecule has 0 N–H and O–H groups in total. The Hall–Kier alpha value is -3.29. The smallest absolute Gasteiger partial charge is 0.349 e. The Morgan fingerprint density at radius 3 is 2.13 bits per heavy atom. The van der Waals surface area contributed by atoms with Crippen molar-refractivity contribution in [1.29, 1.82) is 0 Å². The van der Waals surface area contributed by atoms with Crippen LogP contribution in [0.5, 0.6) is 5.75 Å². The average Bonchev–Trinajstić information content (AvgIpc) is 3.00. The Balaban J connectivity index is 1.80. The van der Waals surface area contributed by atoms with Gasteiger partial charge in [0.05, 0.1) is 0 Å². The number of rotatable bonds is 3. The van der Waals surface area contributed by atoms with Gasteiger partial charge in [-0.05, 0) is 12.1 Å². The second kappa shape index (κ2) is 5.48.